The lowest BCUT2D eigenvalue weighted by molar-refractivity contribution is 0.323. The van der Waals surface area contributed by atoms with Crippen molar-refractivity contribution in [1.29, 1.82) is 0 Å². The van der Waals surface area contributed by atoms with Crippen LogP contribution >= 0.6 is 0 Å². The molecule has 0 saturated heterocycles. The van der Waals surface area contributed by atoms with Gasteiger partial charge in [0.2, 0.25) is 0 Å². The second kappa shape index (κ2) is 7.46. The molecule has 0 spiro atoms. The fourth-order valence-electron chi connectivity index (χ4n) is 2.05. The Balaban J connectivity index is 2.57. The highest BCUT2D eigenvalue weighted by atomic mass is 28.4. The van der Waals surface area contributed by atoms with Crippen molar-refractivity contribution in [3.8, 4) is 0 Å². The summed E-state index contributed by atoms with van der Waals surface area (Å²) in [6, 6.07) is 0.373. The van der Waals surface area contributed by atoms with Crippen molar-refractivity contribution < 1.29 is 4.43 Å². The molecule has 0 bridgehead atoms. The van der Waals surface area contributed by atoms with Gasteiger partial charge >= 0.3 is 0 Å². The van der Waals surface area contributed by atoms with Crippen molar-refractivity contribution in [1.82, 2.24) is 4.90 Å². The van der Waals surface area contributed by atoms with Crippen LogP contribution in [0.5, 0.6) is 0 Å². The van der Waals surface area contributed by atoms with Gasteiger partial charge in [0.1, 0.15) is 0 Å². The monoisotopic (exact) mass is 307 g/mol. The molecular formula is C18H33NOSi. The smallest absolute Gasteiger partial charge is 0.192 e. The van der Waals surface area contributed by atoms with Crippen LogP contribution in [0, 0.1) is 0 Å². The average molecular weight is 308 g/mol. The molecule has 0 amide bonds. The Morgan fingerprint density at radius 3 is 2.57 bits per heavy atom. The quantitative estimate of drug-likeness (QED) is 0.499. The molecule has 0 saturated carbocycles. The van der Waals surface area contributed by atoms with Crippen LogP contribution < -0.4 is 0 Å². The molecule has 0 aromatic heterocycles. The van der Waals surface area contributed by atoms with E-state index in [2.05, 4.69) is 83.1 Å². The average Bonchev–Trinajstić information content (AvgIpc) is 2.36. The zero-order valence-electron chi connectivity index (χ0n) is 14.9. The van der Waals surface area contributed by atoms with E-state index in [0.717, 1.165) is 13.2 Å². The Morgan fingerprint density at radius 1 is 1.33 bits per heavy atom. The minimum atomic E-state index is -1.63. The van der Waals surface area contributed by atoms with Gasteiger partial charge in [0.25, 0.3) is 0 Å². The maximum absolute atomic E-state index is 6.20. The zero-order chi connectivity index (χ0) is 16.1. The number of allylic oxidation sites excluding steroid dienone is 2. The summed E-state index contributed by atoms with van der Waals surface area (Å²) in [5.74, 6) is 0. The highest BCUT2D eigenvalue weighted by molar-refractivity contribution is 6.74. The first-order chi connectivity index (χ1) is 9.67. The molecule has 2 nitrogen and oxygen atoms in total. The third kappa shape index (κ3) is 5.48. The molecule has 1 atom stereocenters. The van der Waals surface area contributed by atoms with Crippen LogP contribution in [0.25, 0.3) is 0 Å². The molecule has 1 aliphatic heterocycles. The van der Waals surface area contributed by atoms with E-state index in [1.54, 1.807) is 0 Å². The van der Waals surface area contributed by atoms with Gasteiger partial charge in [-0.15, -0.1) is 0 Å². The Labute approximate surface area is 132 Å². The third-order valence-electron chi connectivity index (χ3n) is 4.51. The van der Waals surface area contributed by atoms with Crippen LogP contribution in [0.4, 0.5) is 0 Å². The maximum Gasteiger partial charge on any atom is 0.192 e. The standard InChI is InChI=1S/C18H33NOSi/c1-8-12-19-13-11-16(2)15-17(19)10-9-14-20-21(6,7)18(3,4)5/h9-11,13,15,17H,8,12,14H2,1-7H3/b10-9+. The van der Waals surface area contributed by atoms with Gasteiger partial charge in [-0.05, 0) is 37.6 Å². The molecular weight excluding hydrogens is 274 g/mol. The van der Waals surface area contributed by atoms with E-state index in [1.807, 2.05) is 0 Å². The summed E-state index contributed by atoms with van der Waals surface area (Å²) in [5, 5.41) is 0.277. The Bertz CT molecular complexity index is 415. The van der Waals surface area contributed by atoms with E-state index >= 15 is 0 Å². The van der Waals surface area contributed by atoms with Crippen LogP contribution in [-0.4, -0.2) is 32.4 Å². The summed E-state index contributed by atoms with van der Waals surface area (Å²) < 4.78 is 6.20. The predicted octanol–water partition coefficient (Wildman–Crippen LogP) is 5.12. The van der Waals surface area contributed by atoms with Crippen molar-refractivity contribution in [3.63, 3.8) is 0 Å². The Kier molecular flexibility index (Phi) is 6.48. The molecule has 1 aliphatic rings. The van der Waals surface area contributed by atoms with E-state index < -0.39 is 8.32 Å². The van der Waals surface area contributed by atoms with E-state index in [1.165, 1.54) is 12.0 Å². The zero-order valence-corrected chi connectivity index (χ0v) is 15.9. The van der Waals surface area contributed by atoms with E-state index in [9.17, 15) is 0 Å². The van der Waals surface area contributed by atoms with E-state index in [4.69, 9.17) is 4.43 Å². The first-order valence-corrected chi connectivity index (χ1v) is 11.0. The molecule has 0 aliphatic carbocycles. The molecule has 0 N–H and O–H groups in total. The lowest BCUT2D eigenvalue weighted by Gasteiger charge is -2.35. The van der Waals surface area contributed by atoms with Crippen molar-refractivity contribution in [2.24, 2.45) is 0 Å². The molecule has 3 heteroatoms. The predicted molar refractivity (Wildman–Crippen MR) is 96.0 cm³/mol. The number of hydrogen-bond donors (Lipinski definition) is 0. The SMILES string of the molecule is CCCN1C=CC(C)=CC1/C=C/CO[Si](C)(C)C(C)(C)C. The fourth-order valence-corrected chi connectivity index (χ4v) is 3.00. The second-order valence-electron chi connectivity index (χ2n) is 7.45. The second-order valence-corrected chi connectivity index (χ2v) is 12.3. The summed E-state index contributed by atoms with van der Waals surface area (Å²) in [6.07, 6.45) is 12.3. The summed E-state index contributed by atoms with van der Waals surface area (Å²) in [7, 11) is -1.63. The van der Waals surface area contributed by atoms with E-state index in [-0.39, 0.29) is 5.04 Å². The van der Waals surface area contributed by atoms with Gasteiger partial charge in [-0.1, -0.05) is 51.5 Å². The molecule has 21 heavy (non-hydrogen) atoms. The summed E-state index contributed by atoms with van der Waals surface area (Å²) in [5.41, 5.74) is 1.34. The summed E-state index contributed by atoms with van der Waals surface area (Å²) in [6.45, 7) is 17.7. The van der Waals surface area contributed by atoms with Crippen molar-refractivity contribution in [3.05, 3.63) is 36.1 Å². The minimum Gasteiger partial charge on any atom is -0.413 e. The first-order valence-electron chi connectivity index (χ1n) is 8.10. The third-order valence-corrected chi connectivity index (χ3v) is 9.01. The van der Waals surface area contributed by atoms with Crippen LogP contribution in [-0.2, 0) is 4.43 Å². The molecule has 120 valence electrons. The number of nitrogens with zero attached hydrogens (tertiary/aromatic N) is 1. The van der Waals surface area contributed by atoms with Crippen molar-refractivity contribution >= 4 is 8.32 Å². The lowest BCUT2D eigenvalue weighted by atomic mass is 10.1. The fraction of sp³-hybridized carbons (Fsp3) is 0.667. The van der Waals surface area contributed by atoms with Crippen molar-refractivity contribution in [2.45, 2.75) is 65.2 Å². The van der Waals surface area contributed by atoms with Gasteiger partial charge < -0.3 is 9.33 Å². The molecule has 1 unspecified atom stereocenters. The normalized spacial score (nSPS) is 20.2. The molecule has 1 heterocycles. The molecule has 0 radical (unpaired) electrons. The molecule has 0 fully saturated rings. The Morgan fingerprint density at radius 2 is 2.00 bits per heavy atom. The summed E-state index contributed by atoms with van der Waals surface area (Å²) in [4.78, 5) is 2.38. The number of rotatable bonds is 6. The highest BCUT2D eigenvalue weighted by Gasteiger charge is 2.36. The van der Waals surface area contributed by atoms with E-state index in [0.29, 0.717) is 6.04 Å². The van der Waals surface area contributed by atoms with Gasteiger partial charge in [0, 0.05) is 12.7 Å². The van der Waals surface area contributed by atoms with Crippen LogP contribution in [0.1, 0.15) is 41.0 Å². The number of hydrogen-bond acceptors (Lipinski definition) is 2. The minimum absolute atomic E-state index is 0.277. The van der Waals surface area contributed by atoms with Crippen LogP contribution in [0.15, 0.2) is 36.1 Å². The van der Waals surface area contributed by atoms with Gasteiger partial charge in [-0.2, -0.15) is 0 Å². The Hall–Kier alpha value is -0.803. The lowest BCUT2D eigenvalue weighted by Crippen LogP contribution is -2.40. The largest absolute Gasteiger partial charge is 0.413 e. The molecule has 0 aromatic rings. The first kappa shape index (κ1) is 18.2. The van der Waals surface area contributed by atoms with Crippen LogP contribution in [0.3, 0.4) is 0 Å². The maximum atomic E-state index is 6.20. The van der Waals surface area contributed by atoms with Crippen LogP contribution in [0.2, 0.25) is 18.1 Å². The molecule has 1 rings (SSSR count). The van der Waals surface area contributed by atoms with Gasteiger partial charge in [-0.3, -0.25) is 0 Å². The van der Waals surface area contributed by atoms with Gasteiger partial charge in [0.15, 0.2) is 8.32 Å². The topological polar surface area (TPSA) is 12.5 Å². The van der Waals surface area contributed by atoms with Crippen molar-refractivity contribution in [2.75, 3.05) is 13.2 Å². The van der Waals surface area contributed by atoms with Gasteiger partial charge in [0.05, 0.1) is 12.6 Å². The van der Waals surface area contributed by atoms with Gasteiger partial charge in [-0.25, -0.2) is 0 Å². The summed E-state index contributed by atoms with van der Waals surface area (Å²) >= 11 is 0. The molecule has 0 aromatic carbocycles. The highest BCUT2D eigenvalue weighted by Crippen LogP contribution is 2.36.